The van der Waals surface area contributed by atoms with Crippen LogP contribution in [0, 0.1) is 12.8 Å². The van der Waals surface area contributed by atoms with E-state index in [-0.39, 0.29) is 67.0 Å². The van der Waals surface area contributed by atoms with Gasteiger partial charge in [-0.3, -0.25) is 19.2 Å². The summed E-state index contributed by atoms with van der Waals surface area (Å²) in [7, 11) is 0. The number of rotatable bonds is 5. The third kappa shape index (κ3) is 8.39. The fraction of sp³-hybridized carbons (Fsp3) is 0.387. The topological polar surface area (TPSA) is 159 Å². The number of nitrogens with zero attached hydrogens (tertiary/aromatic N) is 4. The molecule has 0 aliphatic carbocycles. The summed E-state index contributed by atoms with van der Waals surface area (Å²) in [6.07, 6.45) is 0.789. The number of hydrogen-bond acceptors (Lipinski definition) is 10. The van der Waals surface area contributed by atoms with Crippen LogP contribution in [0.5, 0.6) is 0 Å². The van der Waals surface area contributed by atoms with E-state index in [9.17, 15) is 19.2 Å². The van der Waals surface area contributed by atoms with Crippen molar-refractivity contribution in [2.24, 2.45) is 5.92 Å². The fourth-order valence-electron chi connectivity index (χ4n) is 4.89. The molecule has 4 amide bonds. The molecule has 0 fully saturated rings. The van der Waals surface area contributed by atoms with Gasteiger partial charge in [-0.15, -0.1) is 22.7 Å². The summed E-state index contributed by atoms with van der Waals surface area (Å²) in [6, 6.07) is 10.4. The first-order chi connectivity index (χ1) is 21.7. The van der Waals surface area contributed by atoms with Gasteiger partial charge in [-0.25, -0.2) is 9.97 Å². The largest absolute Gasteiger partial charge is 0.361 e. The Morgan fingerprint density at radius 2 is 1.73 bits per heavy atom. The highest BCUT2D eigenvalue weighted by atomic mass is 32.1. The lowest BCUT2D eigenvalue weighted by atomic mass is 10.0. The van der Waals surface area contributed by atoms with Crippen LogP contribution in [0.25, 0.3) is 0 Å². The average Bonchev–Trinajstić information content (AvgIpc) is 3.78. The number of nitrogens with one attached hydrogen (secondary N) is 3. The molecule has 0 radical (unpaired) electrons. The van der Waals surface area contributed by atoms with Crippen molar-refractivity contribution < 1.29 is 23.7 Å². The van der Waals surface area contributed by atoms with Crippen molar-refractivity contribution in [3.8, 4) is 0 Å². The first-order valence-corrected chi connectivity index (χ1v) is 16.5. The van der Waals surface area contributed by atoms with Gasteiger partial charge in [0.15, 0.2) is 0 Å². The van der Waals surface area contributed by atoms with Crippen LogP contribution in [0.4, 0.5) is 0 Å². The van der Waals surface area contributed by atoms with Crippen LogP contribution in [0.3, 0.4) is 0 Å². The van der Waals surface area contributed by atoms with Crippen molar-refractivity contribution >= 4 is 46.3 Å². The molecule has 45 heavy (non-hydrogen) atoms. The number of carbonyl (C=O) groups excluding carboxylic acids is 4. The Kier molecular flexibility index (Phi) is 10.4. The zero-order valence-electron chi connectivity index (χ0n) is 25.2. The minimum atomic E-state index is -0.538. The van der Waals surface area contributed by atoms with Crippen LogP contribution in [-0.4, -0.2) is 63.3 Å². The maximum Gasteiger partial charge on any atom is 0.271 e. The van der Waals surface area contributed by atoms with Crippen LogP contribution in [0.2, 0.25) is 0 Å². The number of carbonyl (C=O) groups is 4. The molecule has 4 bridgehead atoms. The number of aryl methyl sites for hydroxylation is 1. The van der Waals surface area contributed by atoms with Crippen LogP contribution in [-0.2, 0) is 22.4 Å². The first kappa shape index (κ1) is 32.0. The van der Waals surface area contributed by atoms with Gasteiger partial charge >= 0.3 is 0 Å². The van der Waals surface area contributed by atoms with E-state index in [4.69, 9.17) is 4.52 Å². The molecule has 3 N–H and O–H groups in total. The molecule has 2 atom stereocenters. The maximum absolute atomic E-state index is 13.5. The molecule has 4 aromatic rings. The summed E-state index contributed by atoms with van der Waals surface area (Å²) < 4.78 is 5.24. The number of hydrogen-bond donors (Lipinski definition) is 3. The number of aromatic nitrogens is 3. The van der Waals surface area contributed by atoms with Gasteiger partial charge in [0.2, 0.25) is 11.8 Å². The van der Waals surface area contributed by atoms with Crippen molar-refractivity contribution in [3.63, 3.8) is 0 Å². The molecule has 0 saturated carbocycles. The van der Waals surface area contributed by atoms with Crippen molar-refractivity contribution in [2.45, 2.75) is 52.1 Å². The van der Waals surface area contributed by atoms with Crippen molar-refractivity contribution in [1.82, 2.24) is 36.0 Å². The van der Waals surface area contributed by atoms with Crippen LogP contribution >= 0.6 is 22.7 Å². The Balaban J connectivity index is 1.44. The first-order valence-electron chi connectivity index (χ1n) is 14.7. The molecule has 0 saturated heterocycles. The highest BCUT2D eigenvalue weighted by molar-refractivity contribution is 7.10. The summed E-state index contributed by atoms with van der Waals surface area (Å²) >= 11 is 2.59. The molecule has 0 unspecified atom stereocenters. The van der Waals surface area contributed by atoms with E-state index >= 15 is 0 Å². The molecule has 1 aliphatic heterocycles. The van der Waals surface area contributed by atoms with E-state index in [0.29, 0.717) is 34.3 Å². The van der Waals surface area contributed by atoms with Gasteiger partial charge in [0.25, 0.3) is 11.8 Å². The van der Waals surface area contributed by atoms with Crippen LogP contribution < -0.4 is 16.0 Å². The zero-order chi connectivity index (χ0) is 31.9. The van der Waals surface area contributed by atoms with Crippen molar-refractivity contribution in [3.05, 3.63) is 85.6 Å². The summed E-state index contributed by atoms with van der Waals surface area (Å²) in [5, 5.41) is 17.3. The molecule has 1 aliphatic rings. The lowest BCUT2D eigenvalue weighted by molar-refractivity contribution is -0.136. The van der Waals surface area contributed by atoms with Crippen molar-refractivity contribution in [1.29, 1.82) is 0 Å². The molecule has 0 spiro atoms. The van der Waals surface area contributed by atoms with Gasteiger partial charge in [0.1, 0.15) is 27.2 Å². The number of thiazole rings is 2. The smallest absolute Gasteiger partial charge is 0.271 e. The van der Waals surface area contributed by atoms with E-state index in [1.807, 2.05) is 44.2 Å². The molecule has 236 valence electrons. The minimum absolute atomic E-state index is 0.00210. The van der Waals surface area contributed by atoms with Gasteiger partial charge < -0.3 is 25.4 Å². The van der Waals surface area contributed by atoms with Gasteiger partial charge in [-0.1, -0.05) is 49.3 Å². The number of fused-ring (bicyclic) bond motifs is 4. The van der Waals surface area contributed by atoms with E-state index in [1.165, 1.54) is 27.6 Å². The Hall–Kier alpha value is -4.43. The SMILES string of the molecule is Cc1cc(CC(=O)N2CCCNC(=O)c3csc(n3)[C@H](C(C)C)NC(=O)c3csc(n3)[C@H](Cc3ccccc3)NC(=O)C2)on1. The molecule has 12 nitrogen and oxygen atoms in total. The molecule has 14 heteroatoms. The van der Waals surface area contributed by atoms with Crippen LogP contribution in [0.15, 0.2) is 51.7 Å². The van der Waals surface area contributed by atoms with Gasteiger partial charge in [-0.05, 0) is 31.2 Å². The number of benzene rings is 1. The molecule has 1 aromatic carbocycles. The lowest BCUT2D eigenvalue weighted by Gasteiger charge is -2.24. The highest BCUT2D eigenvalue weighted by Crippen LogP contribution is 2.27. The van der Waals surface area contributed by atoms with E-state index < -0.39 is 12.1 Å². The summed E-state index contributed by atoms with van der Waals surface area (Å²) in [6.45, 7) is 5.98. The molecule has 3 aromatic heterocycles. The van der Waals surface area contributed by atoms with Gasteiger partial charge in [0, 0.05) is 29.9 Å². The monoisotopic (exact) mass is 649 g/mol. The quantitative estimate of drug-likeness (QED) is 0.296. The maximum atomic E-state index is 13.5. The summed E-state index contributed by atoms with van der Waals surface area (Å²) in [5.41, 5.74) is 2.10. The molecular weight excluding hydrogens is 615 g/mol. The predicted octanol–water partition coefficient (Wildman–Crippen LogP) is 3.63. The Morgan fingerprint density at radius 1 is 1.02 bits per heavy atom. The molecule has 5 rings (SSSR count). The Bertz CT molecular complexity index is 1650. The molecular formula is C31H35N7O5S2. The summed E-state index contributed by atoms with van der Waals surface area (Å²) in [4.78, 5) is 63.7. The zero-order valence-corrected chi connectivity index (χ0v) is 26.9. The second-order valence-electron chi connectivity index (χ2n) is 11.2. The second-order valence-corrected chi connectivity index (χ2v) is 13.0. The third-order valence-electron chi connectivity index (χ3n) is 7.22. The normalized spacial score (nSPS) is 18.4. The summed E-state index contributed by atoms with van der Waals surface area (Å²) in [5.74, 6) is -1.02. The standard InChI is InChI=1S/C31H35N7O5S2/c1-18(2)27-31-35-23(16-45-31)28(41)32-10-7-11-38(26(40)14-21-12-19(3)37-43-21)15-25(39)33-22(13-20-8-5-4-6-9-20)30-34-24(17-44-30)29(42)36-27/h4-6,8-9,12,16-18,22,27H,7,10-11,13-15H2,1-3H3,(H,32,41)(H,33,39)(H,36,42)/t22-,27-/m0/s1. The average molecular weight is 650 g/mol. The van der Waals surface area contributed by atoms with E-state index in [2.05, 4.69) is 31.1 Å². The van der Waals surface area contributed by atoms with Gasteiger partial charge in [-0.2, -0.15) is 0 Å². The van der Waals surface area contributed by atoms with Crippen molar-refractivity contribution in [2.75, 3.05) is 19.6 Å². The van der Waals surface area contributed by atoms with Gasteiger partial charge in [0.05, 0.1) is 30.7 Å². The third-order valence-corrected chi connectivity index (χ3v) is 9.11. The highest BCUT2D eigenvalue weighted by Gasteiger charge is 2.27. The second kappa shape index (κ2) is 14.6. The molecule has 4 heterocycles. The predicted molar refractivity (Wildman–Crippen MR) is 169 cm³/mol. The Labute approximate surface area is 268 Å². The van der Waals surface area contributed by atoms with E-state index in [0.717, 1.165) is 5.56 Å². The minimum Gasteiger partial charge on any atom is -0.361 e. The van der Waals surface area contributed by atoms with E-state index in [1.54, 1.807) is 23.8 Å². The van der Waals surface area contributed by atoms with Crippen LogP contribution in [0.1, 0.15) is 80.4 Å². The Morgan fingerprint density at radius 3 is 2.44 bits per heavy atom. The fourth-order valence-corrected chi connectivity index (χ4v) is 6.76. The lowest BCUT2D eigenvalue weighted by Crippen LogP contribution is -2.43. The number of amides is 4.